The number of aryl methyl sites for hydroxylation is 1. The van der Waals surface area contributed by atoms with Crippen molar-refractivity contribution < 1.29 is 31.8 Å². The fraction of sp³-hybridized carbons (Fsp3) is 0.462. The molecular formula is C26H28F4O3. The van der Waals surface area contributed by atoms with Gasteiger partial charge in [-0.25, -0.2) is 17.6 Å². The predicted molar refractivity (Wildman–Crippen MR) is 118 cm³/mol. The number of ether oxygens (including phenoxy) is 3. The molecule has 2 aliphatic rings. The van der Waals surface area contributed by atoms with Crippen molar-refractivity contribution in [2.45, 2.75) is 51.2 Å². The molecule has 1 fully saturated rings. The lowest BCUT2D eigenvalue weighted by Gasteiger charge is -2.30. The van der Waals surface area contributed by atoms with Crippen LogP contribution in [0.25, 0.3) is 11.1 Å². The van der Waals surface area contributed by atoms with Crippen molar-refractivity contribution >= 4 is 0 Å². The fourth-order valence-corrected chi connectivity index (χ4v) is 4.50. The van der Waals surface area contributed by atoms with Gasteiger partial charge in [0.15, 0.2) is 30.2 Å². The SMILES string of the molecule is C=CCCC1OCC(CCc2ccc3c(c2F)C(F)C(F)c2c-3ccc(OCC)c2F)CO1. The minimum Gasteiger partial charge on any atom is -0.491 e. The second kappa shape index (κ2) is 10.3. The Morgan fingerprint density at radius 2 is 1.61 bits per heavy atom. The number of fused-ring (bicyclic) bond motifs is 3. The van der Waals surface area contributed by atoms with Crippen LogP contribution in [0.5, 0.6) is 5.75 Å². The summed E-state index contributed by atoms with van der Waals surface area (Å²) in [7, 11) is 0. The number of rotatable bonds is 8. The van der Waals surface area contributed by atoms with Crippen LogP contribution in [0.2, 0.25) is 0 Å². The summed E-state index contributed by atoms with van der Waals surface area (Å²) in [5, 5.41) is 0. The Labute approximate surface area is 191 Å². The quantitative estimate of drug-likeness (QED) is 0.312. The lowest BCUT2D eigenvalue weighted by molar-refractivity contribution is -0.203. The Bertz CT molecular complexity index is 1000. The van der Waals surface area contributed by atoms with E-state index in [1.165, 1.54) is 12.1 Å². The molecule has 2 unspecified atom stereocenters. The molecule has 1 heterocycles. The molecule has 7 heteroatoms. The van der Waals surface area contributed by atoms with Gasteiger partial charge in [0.1, 0.15) is 5.82 Å². The van der Waals surface area contributed by atoms with E-state index in [-0.39, 0.29) is 41.3 Å². The number of alkyl halides is 2. The summed E-state index contributed by atoms with van der Waals surface area (Å²) in [5.74, 6) is -1.77. The molecule has 0 bridgehead atoms. The highest BCUT2D eigenvalue weighted by atomic mass is 19.2. The van der Waals surface area contributed by atoms with E-state index in [0.717, 1.165) is 12.8 Å². The lowest BCUT2D eigenvalue weighted by atomic mass is 9.81. The Morgan fingerprint density at radius 1 is 0.970 bits per heavy atom. The lowest BCUT2D eigenvalue weighted by Crippen LogP contribution is -2.32. The molecule has 0 spiro atoms. The highest BCUT2D eigenvalue weighted by molar-refractivity contribution is 5.76. The maximum Gasteiger partial charge on any atom is 0.171 e. The van der Waals surface area contributed by atoms with Crippen LogP contribution in [0.4, 0.5) is 17.6 Å². The fourth-order valence-electron chi connectivity index (χ4n) is 4.50. The molecule has 0 radical (unpaired) electrons. The van der Waals surface area contributed by atoms with E-state index in [1.807, 2.05) is 6.08 Å². The summed E-state index contributed by atoms with van der Waals surface area (Å²) in [6.45, 7) is 6.54. The van der Waals surface area contributed by atoms with Crippen LogP contribution in [0.15, 0.2) is 36.9 Å². The van der Waals surface area contributed by atoms with E-state index >= 15 is 8.78 Å². The summed E-state index contributed by atoms with van der Waals surface area (Å²) in [6.07, 6.45) is -0.595. The van der Waals surface area contributed by atoms with Gasteiger partial charge in [0.2, 0.25) is 0 Å². The molecular weight excluding hydrogens is 436 g/mol. The van der Waals surface area contributed by atoms with Crippen molar-refractivity contribution in [1.29, 1.82) is 0 Å². The predicted octanol–water partition coefficient (Wildman–Crippen LogP) is 6.95. The Morgan fingerprint density at radius 3 is 2.24 bits per heavy atom. The first-order valence-corrected chi connectivity index (χ1v) is 11.3. The molecule has 3 nitrogen and oxygen atoms in total. The van der Waals surface area contributed by atoms with Crippen LogP contribution in [-0.2, 0) is 15.9 Å². The number of hydrogen-bond acceptors (Lipinski definition) is 3. The number of hydrogen-bond donors (Lipinski definition) is 0. The van der Waals surface area contributed by atoms with E-state index in [0.29, 0.717) is 31.6 Å². The van der Waals surface area contributed by atoms with Crippen LogP contribution >= 0.6 is 0 Å². The second-order valence-corrected chi connectivity index (χ2v) is 8.44. The average Bonchev–Trinajstić information content (AvgIpc) is 2.82. The molecule has 1 aliphatic heterocycles. The van der Waals surface area contributed by atoms with Gasteiger partial charge in [0.05, 0.1) is 19.8 Å². The minimum absolute atomic E-state index is 0.0855. The van der Waals surface area contributed by atoms with Crippen LogP contribution in [-0.4, -0.2) is 26.1 Å². The summed E-state index contributed by atoms with van der Waals surface area (Å²) in [6, 6.07) is 5.93. The van der Waals surface area contributed by atoms with Crippen molar-refractivity contribution in [3.63, 3.8) is 0 Å². The summed E-state index contributed by atoms with van der Waals surface area (Å²) < 4.78 is 76.7. The van der Waals surface area contributed by atoms with E-state index < -0.39 is 29.5 Å². The topological polar surface area (TPSA) is 27.7 Å². The highest BCUT2D eigenvalue weighted by Gasteiger charge is 2.40. The largest absolute Gasteiger partial charge is 0.491 e. The second-order valence-electron chi connectivity index (χ2n) is 8.44. The molecule has 4 rings (SSSR count). The van der Waals surface area contributed by atoms with Gasteiger partial charge < -0.3 is 14.2 Å². The van der Waals surface area contributed by atoms with Gasteiger partial charge in [-0.3, -0.25) is 0 Å². The molecule has 0 N–H and O–H groups in total. The molecule has 1 saturated heterocycles. The third-order valence-electron chi connectivity index (χ3n) is 6.27. The van der Waals surface area contributed by atoms with Crippen LogP contribution in [0.3, 0.4) is 0 Å². The normalized spacial score (nSPS) is 24.2. The molecule has 33 heavy (non-hydrogen) atoms. The minimum atomic E-state index is -2.31. The Hall–Kier alpha value is -2.38. The first kappa shape index (κ1) is 23.8. The van der Waals surface area contributed by atoms with Crippen LogP contribution in [0, 0.1) is 17.6 Å². The third-order valence-corrected chi connectivity index (χ3v) is 6.27. The van der Waals surface area contributed by atoms with Crippen molar-refractivity contribution in [2.24, 2.45) is 5.92 Å². The standard InChI is InChI=1S/C26H28F4O3/c1-3-5-6-20-32-13-15(14-33-20)7-8-16-9-10-17-18-11-12-19(31-4-2)24(28)22(18)26(30)25(29)21(17)23(16)27/h3,9-12,15,20,25-26H,1,4-8,13-14H2,2H3. The third kappa shape index (κ3) is 4.66. The molecule has 0 amide bonds. The van der Waals surface area contributed by atoms with Crippen LogP contribution in [0.1, 0.15) is 55.2 Å². The zero-order valence-corrected chi connectivity index (χ0v) is 18.6. The molecule has 2 aromatic carbocycles. The van der Waals surface area contributed by atoms with Gasteiger partial charge >= 0.3 is 0 Å². The van der Waals surface area contributed by atoms with E-state index in [9.17, 15) is 8.78 Å². The first-order chi connectivity index (χ1) is 16.0. The zero-order valence-electron chi connectivity index (χ0n) is 18.6. The smallest absolute Gasteiger partial charge is 0.171 e. The maximum atomic E-state index is 15.3. The first-order valence-electron chi connectivity index (χ1n) is 11.3. The van der Waals surface area contributed by atoms with Gasteiger partial charge in [-0.15, -0.1) is 6.58 Å². The van der Waals surface area contributed by atoms with Crippen molar-refractivity contribution in [3.05, 3.63) is 65.2 Å². The van der Waals surface area contributed by atoms with E-state index in [4.69, 9.17) is 14.2 Å². The highest BCUT2D eigenvalue weighted by Crippen LogP contribution is 2.51. The number of allylic oxidation sites excluding steroid dienone is 1. The van der Waals surface area contributed by atoms with Gasteiger partial charge in [0.25, 0.3) is 0 Å². The molecule has 0 saturated carbocycles. The van der Waals surface area contributed by atoms with Crippen molar-refractivity contribution in [1.82, 2.24) is 0 Å². The van der Waals surface area contributed by atoms with Crippen LogP contribution < -0.4 is 4.74 Å². The number of benzene rings is 2. The maximum absolute atomic E-state index is 15.3. The number of halogens is 4. The average molecular weight is 464 g/mol. The van der Waals surface area contributed by atoms with Gasteiger partial charge in [-0.05, 0) is 48.9 Å². The van der Waals surface area contributed by atoms with Crippen molar-refractivity contribution in [3.8, 4) is 16.9 Å². The van der Waals surface area contributed by atoms with Gasteiger partial charge in [0, 0.05) is 23.5 Å². The molecule has 178 valence electrons. The monoisotopic (exact) mass is 464 g/mol. The van der Waals surface area contributed by atoms with E-state index in [1.54, 1.807) is 19.1 Å². The van der Waals surface area contributed by atoms with Crippen molar-refractivity contribution in [2.75, 3.05) is 19.8 Å². The molecule has 2 aromatic rings. The Balaban J connectivity index is 1.53. The van der Waals surface area contributed by atoms with Gasteiger partial charge in [-0.2, -0.15) is 0 Å². The molecule has 0 aromatic heterocycles. The van der Waals surface area contributed by atoms with E-state index in [2.05, 4.69) is 6.58 Å². The Kier molecular flexibility index (Phi) is 7.39. The van der Waals surface area contributed by atoms with Gasteiger partial charge in [-0.1, -0.05) is 24.3 Å². The summed E-state index contributed by atoms with van der Waals surface area (Å²) >= 11 is 0. The molecule has 1 aliphatic carbocycles. The summed E-state index contributed by atoms with van der Waals surface area (Å²) in [4.78, 5) is 0. The zero-order chi connectivity index (χ0) is 23.5. The summed E-state index contributed by atoms with van der Waals surface area (Å²) in [5.41, 5.74) is -0.152. The molecule has 2 atom stereocenters.